The number of nitrogens with two attached hydrogens (primary N) is 1. The zero-order chi connectivity index (χ0) is 14.6. The Morgan fingerprint density at radius 3 is 2.15 bits per heavy atom. The van der Waals surface area contributed by atoms with Crippen molar-refractivity contribution in [2.75, 3.05) is 19.6 Å². The van der Waals surface area contributed by atoms with Crippen LogP contribution in [0.3, 0.4) is 0 Å². The van der Waals surface area contributed by atoms with E-state index >= 15 is 0 Å². The fourth-order valence-corrected chi connectivity index (χ4v) is 3.00. The van der Waals surface area contributed by atoms with Crippen molar-refractivity contribution in [1.82, 2.24) is 4.90 Å². The van der Waals surface area contributed by atoms with Gasteiger partial charge in [0.05, 0.1) is 0 Å². The van der Waals surface area contributed by atoms with Gasteiger partial charge in [-0.1, -0.05) is 57.0 Å². The summed E-state index contributed by atoms with van der Waals surface area (Å²) in [4.78, 5) is 2.53. The Bertz CT molecular complexity index is 260. The lowest BCUT2D eigenvalue weighted by Crippen LogP contribution is -2.39. The molecule has 118 valence electrons. The monoisotopic (exact) mass is 283 g/mol. The number of oxime groups is 1. The van der Waals surface area contributed by atoms with Crippen molar-refractivity contribution in [3.63, 3.8) is 0 Å². The number of nitrogens with zero attached hydrogens (tertiary/aromatic N) is 2. The van der Waals surface area contributed by atoms with E-state index in [-0.39, 0.29) is 5.92 Å². The third-order valence-corrected chi connectivity index (χ3v) is 4.45. The van der Waals surface area contributed by atoms with E-state index in [4.69, 9.17) is 10.9 Å². The Morgan fingerprint density at radius 1 is 1.05 bits per heavy atom. The molecule has 0 aromatic carbocycles. The standard InChI is InChI=1S/C16H33N3O/c1-2-3-4-5-6-7-8-9-12-19-13-10-15(11-14-19)16(17)18-20/h15,20H,2-14H2,1H3,(H2,17,18). The third kappa shape index (κ3) is 7.13. The highest BCUT2D eigenvalue weighted by Gasteiger charge is 2.21. The highest BCUT2D eigenvalue weighted by molar-refractivity contribution is 5.82. The number of hydrogen-bond donors (Lipinski definition) is 2. The van der Waals surface area contributed by atoms with E-state index in [2.05, 4.69) is 17.0 Å². The van der Waals surface area contributed by atoms with E-state index in [1.807, 2.05) is 0 Å². The van der Waals surface area contributed by atoms with Crippen LogP contribution in [0.5, 0.6) is 0 Å². The summed E-state index contributed by atoms with van der Waals surface area (Å²) in [5, 5.41) is 11.8. The average Bonchev–Trinajstić information content (AvgIpc) is 2.50. The maximum absolute atomic E-state index is 8.68. The average molecular weight is 283 g/mol. The molecule has 1 aliphatic heterocycles. The molecule has 1 rings (SSSR count). The summed E-state index contributed by atoms with van der Waals surface area (Å²) in [5.74, 6) is 0.701. The molecule has 0 aromatic rings. The SMILES string of the molecule is CCCCCCCCCCN1CCC(C(N)=NO)CC1. The number of piperidine rings is 1. The van der Waals surface area contributed by atoms with E-state index in [0.29, 0.717) is 5.84 Å². The van der Waals surface area contributed by atoms with Gasteiger partial charge >= 0.3 is 0 Å². The van der Waals surface area contributed by atoms with Gasteiger partial charge in [0, 0.05) is 5.92 Å². The number of unbranched alkanes of at least 4 members (excludes halogenated alkanes) is 7. The van der Waals surface area contributed by atoms with E-state index in [9.17, 15) is 0 Å². The molecule has 3 N–H and O–H groups in total. The largest absolute Gasteiger partial charge is 0.409 e. The van der Waals surface area contributed by atoms with Gasteiger partial charge in [-0.2, -0.15) is 0 Å². The van der Waals surface area contributed by atoms with Crippen LogP contribution >= 0.6 is 0 Å². The third-order valence-electron chi connectivity index (χ3n) is 4.45. The molecule has 0 amide bonds. The Labute approximate surface area is 124 Å². The first kappa shape index (κ1) is 17.3. The van der Waals surface area contributed by atoms with Crippen LogP contribution in [0.1, 0.15) is 71.1 Å². The molecule has 4 nitrogen and oxygen atoms in total. The number of rotatable bonds is 10. The summed E-state index contributed by atoms with van der Waals surface area (Å²) < 4.78 is 0. The van der Waals surface area contributed by atoms with Gasteiger partial charge in [0.15, 0.2) is 0 Å². The van der Waals surface area contributed by atoms with E-state index < -0.39 is 0 Å². The smallest absolute Gasteiger partial charge is 0.142 e. The summed E-state index contributed by atoms with van der Waals surface area (Å²) in [6, 6.07) is 0. The predicted octanol–water partition coefficient (Wildman–Crippen LogP) is 3.59. The molecule has 4 heteroatoms. The molecule has 0 unspecified atom stereocenters. The molecule has 1 heterocycles. The highest BCUT2D eigenvalue weighted by Crippen LogP contribution is 2.18. The van der Waals surface area contributed by atoms with E-state index in [1.165, 1.54) is 57.9 Å². The molecule has 1 fully saturated rings. The lowest BCUT2D eigenvalue weighted by atomic mass is 9.95. The van der Waals surface area contributed by atoms with Gasteiger partial charge in [-0.05, 0) is 38.9 Å². The molecule has 0 atom stereocenters. The first-order valence-corrected chi connectivity index (χ1v) is 8.47. The summed E-state index contributed by atoms with van der Waals surface area (Å²) in [6.45, 7) is 5.68. The molecule has 0 saturated carbocycles. The number of likely N-dealkylation sites (tertiary alicyclic amines) is 1. The molecule has 20 heavy (non-hydrogen) atoms. The van der Waals surface area contributed by atoms with Crippen LogP contribution in [0, 0.1) is 5.92 Å². The number of hydrogen-bond acceptors (Lipinski definition) is 3. The van der Waals surface area contributed by atoms with Crippen LogP contribution in [-0.2, 0) is 0 Å². The van der Waals surface area contributed by atoms with Crippen molar-refractivity contribution in [3.05, 3.63) is 0 Å². The minimum Gasteiger partial charge on any atom is -0.409 e. The molecular formula is C16H33N3O. The van der Waals surface area contributed by atoms with Crippen molar-refractivity contribution >= 4 is 5.84 Å². The molecule has 1 saturated heterocycles. The second kappa shape index (κ2) is 11.0. The van der Waals surface area contributed by atoms with Crippen molar-refractivity contribution in [3.8, 4) is 0 Å². The van der Waals surface area contributed by atoms with Crippen molar-refractivity contribution in [1.29, 1.82) is 0 Å². The summed E-state index contributed by atoms with van der Waals surface area (Å²) in [5.41, 5.74) is 5.66. The van der Waals surface area contributed by atoms with Gasteiger partial charge in [-0.25, -0.2) is 0 Å². The molecule has 0 bridgehead atoms. The molecule has 0 aromatic heterocycles. The minimum atomic E-state index is 0.287. The van der Waals surface area contributed by atoms with Gasteiger partial charge in [0.2, 0.25) is 0 Å². The van der Waals surface area contributed by atoms with Crippen molar-refractivity contribution < 1.29 is 5.21 Å². The second-order valence-corrected chi connectivity index (χ2v) is 6.12. The van der Waals surface area contributed by atoms with E-state index in [1.54, 1.807) is 0 Å². The van der Waals surface area contributed by atoms with Crippen LogP contribution in [0.4, 0.5) is 0 Å². The van der Waals surface area contributed by atoms with Crippen LogP contribution in [-0.4, -0.2) is 35.6 Å². The zero-order valence-corrected chi connectivity index (χ0v) is 13.2. The fraction of sp³-hybridized carbons (Fsp3) is 0.938. The van der Waals surface area contributed by atoms with Crippen molar-refractivity contribution in [2.45, 2.75) is 71.1 Å². The van der Waals surface area contributed by atoms with E-state index in [0.717, 1.165) is 25.9 Å². The minimum absolute atomic E-state index is 0.287. The molecule has 1 aliphatic rings. The fourth-order valence-electron chi connectivity index (χ4n) is 3.00. The lowest BCUT2D eigenvalue weighted by molar-refractivity contribution is 0.202. The Hall–Kier alpha value is -0.770. The predicted molar refractivity (Wildman–Crippen MR) is 85.2 cm³/mol. The first-order valence-electron chi connectivity index (χ1n) is 8.47. The maximum Gasteiger partial charge on any atom is 0.142 e. The molecule has 0 aliphatic carbocycles. The Balaban J connectivity index is 1.94. The zero-order valence-electron chi connectivity index (χ0n) is 13.2. The van der Waals surface area contributed by atoms with Gasteiger partial charge in [-0.3, -0.25) is 0 Å². The first-order chi connectivity index (χ1) is 9.77. The quantitative estimate of drug-likeness (QED) is 0.212. The highest BCUT2D eigenvalue weighted by atomic mass is 16.4. The summed E-state index contributed by atoms with van der Waals surface area (Å²) in [7, 11) is 0. The van der Waals surface area contributed by atoms with Crippen LogP contribution in [0.25, 0.3) is 0 Å². The van der Waals surface area contributed by atoms with Crippen LogP contribution < -0.4 is 5.73 Å². The van der Waals surface area contributed by atoms with Crippen LogP contribution in [0.15, 0.2) is 5.16 Å². The molecule has 0 radical (unpaired) electrons. The van der Waals surface area contributed by atoms with Gasteiger partial charge < -0.3 is 15.8 Å². The normalized spacial score (nSPS) is 18.6. The Morgan fingerprint density at radius 2 is 1.60 bits per heavy atom. The topological polar surface area (TPSA) is 61.8 Å². The van der Waals surface area contributed by atoms with Crippen LogP contribution in [0.2, 0.25) is 0 Å². The lowest BCUT2D eigenvalue weighted by Gasteiger charge is -2.31. The second-order valence-electron chi connectivity index (χ2n) is 6.12. The Kier molecular flexibility index (Phi) is 9.46. The summed E-state index contributed by atoms with van der Waals surface area (Å²) in [6.07, 6.45) is 13.1. The summed E-state index contributed by atoms with van der Waals surface area (Å²) >= 11 is 0. The van der Waals surface area contributed by atoms with Crippen molar-refractivity contribution in [2.24, 2.45) is 16.8 Å². The number of amidine groups is 1. The maximum atomic E-state index is 8.68. The van der Waals surface area contributed by atoms with Gasteiger partial charge in [-0.15, -0.1) is 0 Å². The molecule has 0 spiro atoms. The molecular weight excluding hydrogens is 250 g/mol. The van der Waals surface area contributed by atoms with Gasteiger partial charge in [0.1, 0.15) is 5.84 Å². The van der Waals surface area contributed by atoms with Gasteiger partial charge in [0.25, 0.3) is 0 Å².